The largest absolute Gasteiger partial charge is 0.375 e. The lowest BCUT2D eigenvalue weighted by atomic mass is 9.85. The first kappa shape index (κ1) is 7.56. The topological polar surface area (TPSA) is 21.3 Å². The summed E-state index contributed by atoms with van der Waals surface area (Å²) in [6, 6.07) is 0. The minimum absolute atomic E-state index is 0.295. The highest BCUT2D eigenvalue weighted by atomic mass is 16.5. The van der Waals surface area contributed by atoms with E-state index in [4.69, 9.17) is 4.74 Å². The zero-order chi connectivity index (χ0) is 7.57. The van der Waals surface area contributed by atoms with E-state index in [1.165, 1.54) is 32.1 Å². The zero-order valence-corrected chi connectivity index (χ0v) is 7.07. The predicted octanol–water partition coefficient (Wildman–Crippen LogP) is 1.31. The maximum atomic E-state index is 5.87. The van der Waals surface area contributed by atoms with Gasteiger partial charge in [-0.2, -0.15) is 0 Å². The van der Waals surface area contributed by atoms with Crippen molar-refractivity contribution in [2.24, 2.45) is 0 Å². The highest BCUT2D eigenvalue weighted by molar-refractivity contribution is 4.87. The summed E-state index contributed by atoms with van der Waals surface area (Å²) in [6.07, 6.45) is 6.41. The van der Waals surface area contributed by atoms with Gasteiger partial charge in [0.25, 0.3) is 0 Å². The molecule has 11 heavy (non-hydrogen) atoms. The van der Waals surface area contributed by atoms with Crippen molar-refractivity contribution in [3.8, 4) is 0 Å². The molecular weight excluding hydrogens is 138 g/mol. The Kier molecular flexibility index (Phi) is 2.14. The van der Waals surface area contributed by atoms with Crippen LogP contribution in [0, 0.1) is 0 Å². The molecule has 0 atom stereocenters. The SMILES string of the molecule is C1CCC2(CCNCC2)OC1. The van der Waals surface area contributed by atoms with Gasteiger partial charge in [-0.25, -0.2) is 0 Å². The van der Waals surface area contributed by atoms with Gasteiger partial charge in [-0.05, 0) is 45.2 Å². The van der Waals surface area contributed by atoms with Gasteiger partial charge in [0.15, 0.2) is 0 Å². The monoisotopic (exact) mass is 155 g/mol. The lowest BCUT2D eigenvalue weighted by Gasteiger charge is -2.40. The molecule has 64 valence electrons. The summed E-state index contributed by atoms with van der Waals surface area (Å²) < 4.78 is 5.87. The van der Waals surface area contributed by atoms with Gasteiger partial charge in [-0.1, -0.05) is 0 Å². The molecule has 0 amide bonds. The molecule has 2 nitrogen and oxygen atoms in total. The van der Waals surface area contributed by atoms with Crippen LogP contribution >= 0.6 is 0 Å². The molecule has 0 aliphatic carbocycles. The van der Waals surface area contributed by atoms with Gasteiger partial charge in [0.2, 0.25) is 0 Å². The number of hydrogen-bond acceptors (Lipinski definition) is 2. The molecule has 2 saturated heterocycles. The predicted molar refractivity (Wildman–Crippen MR) is 44.6 cm³/mol. The van der Waals surface area contributed by atoms with E-state index in [0.29, 0.717) is 5.60 Å². The van der Waals surface area contributed by atoms with E-state index in [-0.39, 0.29) is 0 Å². The molecule has 2 aliphatic rings. The van der Waals surface area contributed by atoms with Crippen LogP contribution in [0.15, 0.2) is 0 Å². The number of ether oxygens (including phenoxy) is 1. The first-order valence-corrected chi connectivity index (χ1v) is 4.76. The minimum atomic E-state index is 0.295. The summed E-state index contributed by atoms with van der Waals surface area (Å²) in [4.78, 5) is 0. The van der Waals surface area contributed by atoms with Crippen molar-refractivity contribution < 1.29 is 4.74 Å². The van der Waals surface area contributed by atoms with Crippen LogP contribution in [0.2, 0.25) is 0 Å². The van der Waals surface area contributed by atoms with Crippen LogP contribution in [0.4, 0.5) is 0 Å². The minimum Gasteiger partial charge on any atom is -0.375 e. The van der Waals surface area contributed by atoms with Crippen LogP contribution < -0.4 is 5.32 Å². The highest BCUT2D eigenvalue weighted by Crippen LogP contribution is 2.32. The van der Waals surface area contributed by atoms with Gasteiger partial charge < -0.3 is 10.1 Å². The molecule has 2 fully saturated rings. The fourth-order valence-corrected chi connectivity index (χ4v) is 2.19. The molecule has 0 aromatic heterocycles. The number of piperidine rings is 1. The van der Waals surface area contributed by atoms with Crippen LogP contribution in [-0.4, -0.2) is 25.3 Å². The average molecular weight is 155 g/mol. The van der Waals surface area contributed by atoms with E-state index in [1.54, 1.807) is 0 Å². The summed E-state index contributed by atoms with van der Waals surface area (Å²) in [5, 5.41) is 3.38. The van der Waals surface area contributed by atoms with Crippen molar-refractivity contribution in [2.45, 2.75) is 37.7 Å². The Morgan fingerprint density at radius 3 is 2.45 bits per heavy atom. The summed E-state index contributed by atoms with van der Waals surface area (Å²) in [5.74, 6) is 0. The van der Waals surface area contributed by atoms with Crippen molar-refractivity contribution in [2.75, 3.05) is 19.7 Å². The molecule has 2 heterocycles. The Hall–Kier alpha value is -0.0800. The van der Waals surface area contributed by atoms with Crippen molar-refractivity contribution >= 4 is 0 Å². The second kappa shape index (κ2) is 3.11. The summed E-state index contributed by atoms with van der Waals surface area (Å²) >= 11 is 0. The highest BCUT2D eigenvalue weighted by Gasteiger charge is 2.34. The number of nitrogens with one attached hydrogen (secondary N) is 1. The lowest BCUT2D eigenvalue weighted by molar-refractivity contribution is -0.0952. The Labute approximate surface area is 68.3 Å². The van der Waals surface area contributed by atoms with E-state index in [0.717, 1.165) is 19.7 Å². The van der Waals surface area contributed by atoms with Gasteiger partial charge >= 0.3 is 0 Å². The molecule has 0 bridgehead atoms. The standard InChI is InChI=1S/C9H17NO/c1-2-8-11-9(3-1)4-6-10-7-5-9/h10H,1-8H2. The summed E-state index contributed by atoms with van der Waals surface area (Å²) in [5.41, 5.74) is 0.295. The fraction of sp³-hybridized carbons (Fsp3) is 1.00. The molecule has 1 N–H and O–H groups in total. The maximum Gasteiger partial charge on any atom is 0.0706 e. The first-order chi connectivity index (χ1) is 5.41. The second-order valence-electron chi connectivity index (χ2n) is 3.74. The number of hydrogen-bond donors (Lipinski definition) is 1. The van der Waals surface area contributed by atoms with Crippen LogP contribution in [0.5, 0.6) is 0 Å². The molecule has 1 spiro atoms. The Morgan fingerprint density at radius 2 is 1.82 bits per heavy atom. The van der Waals surface area contributed by atoms with E-state index in [2.05, 4.69) is 5.32 Å². The molecule has 2 aliphatic heterocycles. The molecular formula is C9H17NO. The summed E-state index contributed by atoms with van der Waals surface area (Å²) in [6.45, 7) is 3.31. The third kappa shape index (κ3) is 1.57. The third-order valence-electron chi connectivity index (χ3n) is 2.95. The second-order valence-corrected chi connectivity index (χ2v) is 3.74. The Bertz CT molecular complexity index is 104. The molecule has 0 aromatic rings. The fourth-order valence-electron chi connectivity index (χ4n) is 2.19. The van der Waals surface area contributed by atoms with Crippen LogP contribution in [0.3, 0.4) is 0 Å². The maximum absolute atomic E-state index is 5.87. The van der Waals surface area contributed by atoms with Crippen LogP contribution in [-0.2, 0) is 4.74 Å². The van der Waals surface area contributed by atoms with Gasteiger partial charge in [0, 0.05) is 6.61 Å². The lowest BCUT2D eigenvalue weighted by Crippen LogP contribution is -2.45. The molecule has 2 heteroatoms. The van der Waals surface area contributed by atoms with Gasteiger partial charge in [-0.15, -0.1) is 0 Å². The van der Waals surface area contributed by atoms with Crippen LogP contribution in [0.25, 0.3) is 0 Å². The normalized spacial score (nSPS) is 30.5. The van der Waals surface area contributed by atoms with E-state index >= 15 is 0 Å². The quantitative estimate of drug-likeness (QED) is 0.569. The van der Waals surface area contributed by atoms with E-state index in [1.807, 2.05) is 0 Å². The molecule has 2 rings (SSSR count). The zero-order valence-electron chi connectivity index (χ0n) is 7.07. The molecule has 0 saturated carbocycles. The van der Waals surface area contributed by atoms with Crippen molar-refractivity contribution in [3.05, 3.63) is 0 Å². The third-order valence-corrected chi connectivity index (χ3v) is 2.95. The Morgan fingerprint density at radius 1 is 1.00 bits per heavy atom. The molecule has 0 aromatic carbocycles. The molecule has 0 radical (unpaired) electrons. The van der Waals surface area contributed by atoms with Gasteiger partial charge in [-0.3, -0.25) is 0 Å². The van der Waals surface area contributed by atoms with Crippen LogP contribution in [0.1, 0.15) is 32.1 Å². The van der Waals surface area contributed by atoms with Crippen molar-refractivity contribution in [3.63, 3.8) is 0 Å². The number of rotatable bonds is 0. The van der Waals surface area contributed by atoms with Gasteiger partial charge in [0.1, 0.15) is 0 Å². The first-order valence-electron chi connectivity index (χ1n) is 4.76. The molecule has 0 unspecified atom stereocenters. The van der Waals surface area contributed by atoms with E-state index < -0.39 is 0 Å². The van der Waals surface area contributed by atoms with E-state index in [9.17, 15) is 0 Å². The Balaban J connectivity index is 1.94. The smallest absolute Gasteiger partial charge is 0.0706 e. The summed E-state index contributed by atoms with van der Waals surface area (Å²) in [7, 11) is 0. The van der Waals surface area contributed by atoms with Crippen molar-refractivity contribution in [1.82, 2.24) is 5.32 Å². The van der Waals surface area contributed by atoms with Crippen molar-refractivity contribution in [1.29, 1.82) is 0 Å². The average Bonchev–Trinajstić information content (AvgIpc) is 2.07. The van der Waals surface area contributed by atoms with Gasteiger partial charge in [0.05, 0.1) is 5.60 Å².